The summed E-state index contributed by atoms with van der Waals surface area (Å²) in [5, 5.41) is 2.83. The SMILES string of the molecule is CC(C)(C)C(=O)NCCC(=O)N1CC2CCC(N)C2C1.Cl. The van der Waals surface area contributed by atoms with Gasteiger partial charge in [0.15, 0.2) is 0 Å². The van der Waals surface area contributed by atoms with Crippen molar-refractivity contribution in [3.8, 4) is 0 Å². The normalized spacial score (nSPS) is 28.0. The topological polar surface area (TPSA) is 75.4 Å². The average Bonchev–Trinajstić information content (AvgIpc) is 2.90. The molecule has 0 radical (unpaired) electrons. The molecule has 0 aromatic carbocycles. The summed E-state index contributed by atoms with van der Waals surface area (Å²) in [4.78, 5) is 25.8. The molecule has 21 heavy (non-hydrogen) atoms. The van der Waals surface area contributed by atoms with Crippen molar-refractivity contribution in [1.82, 2.24) is 10.2 Å². The van der Waals surface area contributed by atoms with E-state index in [-0.39, 0.29) is 30.3 Å². The molecule has 1 saturated heterocycles. The van der Waals surface area contributed by atoms with Gasteiger partial charge in [-0.2, -0.15) is 0 Å². The van der Waals surface area contributed by atoms with Crippen LogP contribution in [0.4, 0.5) is 0 Å². The summed E-state index contributed by atoms with van der Waals surface area (Å²) in [6.45, 7) is 7.68. The second-order valence-corrected chi connectivity index (χ2v) is 7.22. The summed E-state index contributed by atoms with van der Waals surface area (Å²) < 4.78 is 0. The number of rotatable bonds is 3. The van der Waals surface area contributed by atoms with Gasteiger partial charge in [0.25, 0.3) is 0 Å². The molecule has 2 fully saturated rings. The van der Waals surface area contributed by atoms with Gasteiger partial charge in [-0.3, -0.25) is 9.59 Å². The Labute approximate surface area is 133 Å². The Hall–Kier alpha value is -0.810. The number of nitrogens with two attached hydrogens (primary N) is 1. The zero-order chi connectivity index (χ0) is 14.9. The summed E-state index contributed by atoms with van der Waals surface area (Å²) in [6, 6.07) is 0.262. The number of amides is 2. The monoisotopic (exact) mass is 317 g/mol. The van der Waals surface area contributed by atoms with Gasteiger partial charge < -0.3 is 16.0 Å². The molecular formula is C15H28ClN3O2. The second-order valence-electron chi connectivity index (χ2n) is 7.22. The zero-order valence-corrected chi connectivity index (χ0v) is 14.0. The lowest BCUT2D eigenvalue weighted by atomic mass is 9.96. The van der Waals surface area contributed by atoms with E-state index in [1.165, 1.54) is 0 Å². The van der Waals surface area contributed by atoms with Crippen molar-refractivity contribution in [2.75, 3.05) is 19.6 Å². The standard InChI is InChI=1S/C15H27N3O2.ClH/c1-15(2,3)14(20)17-7-6-13(19)18-8-10-4-5-12(16)11(10)9-18;/h10-12H,4-9,16H2,1-3H3,(H,17,20);1H. The maximum Gasteiger partial charge on any atom is 0.225 e. The van der Waals surface area contributed by atoms with Gasteiger partial charge in [-0.25, -0.2) is 0 Å². The Kier molecular flexibility index (Phi) is 6.05. The first-order valence-electron chi connectivity index (χ1n) is 7.60. The van der Waals surface area contributed by atoms with Crippen molar-refractivity contribution in [2.45, 2.75) is 46.1 Å². The molecule has 1 heterocycles. The van der Waals surface area contributed by atoms with E-state index in [9.17, 15) is 9.59 Å². The van der Waals surface area contributed by atoms with Crippen molar-refractivity contribution < 1.29 is 9.59 Å². The number of carbonyl (C=O) groups excluding carboxylic acids is 2. The van der Waals surface area contributed by atoms with Crippen LogP contribution < -0.4 is 11.1 Å². The number of carbonyl (C=O) groups is 2. The molecule has 3 unspecified atom stereocenters. The number of nitrogens with zero attached hydrogens (tertiary/aromatic N) is 1. The van der Waals surface area contributed by atoms with Gasteiger partial charge in [0.05, 0.1) is 0 Å². The Bertz CT molecular complexity index is 395. The van der Waals surface area contributed by atoms with E-state index in [4.69, 9.17) is 5.73 Å². The fraction of sp³-hybridized carbons (Fsp3) is 0.867. The minimum atomic E-state index is -0.402. The number of hydrogen-bond acceptors (Lipinski definition) is 3. The highest BCUT2D eigenvalue weighted by atomic mass is 35.5. The van der Waals surface area contributed by atoms with Gasteiger partial charge in [0.1, 0.15) is 0 Å². The minimum Gasteiger partial charge on any atom is -0.355 e. The summed E-state index contributed by atoms with van der Waals surface area (Å²) in [5.41, 5.74) is 5.67. The second kappa shape index (κ2) is 6.97. The van der Waals surface area contributed by atoms with Crippen molar-refractivity contribution in [3.63, 3.8) is 0 Å². The van der Waals surface area contributed by atoms with Gasteiger partial charge in [0.2, 0.25) is 11.8 Å². The van der Waals surface area contributed by atoms with Crippen LogP contribution in [0.3, 0.4) is 0 Å². The van der Waals surface area contributed by atoms with E-state index in [2.05, 4.69) is 5.32 Å². The van der Waals surface area contributed by atoms with Crippen molar-refractivity contribution in [2.24, 2.45) is 23.0 Å². The molecule has 1 aliphatic heterocycles. The lowest BCUT2D eigenvalue weighted by Gasteiger charge is -2.20. The fourth-order valence-electron chi connectivity index (χ4n) is 3.22. The average molecular weight is 318 g/mol. The molecule has 2 rings (SSSR count). The Morgan fingerprint density at radius 1 is 1.24 bits per heavy atom. The van der Waals surface area contributed by atoms with E-state index < -0.39 is 5.41 Å². The third-order valence-corrected chi connectivity index (χ3v) is 4.57. The molecule has 6 heteroatoms. The van der Waals surface area contributed by atoms with Crippen LogP contribution in [0, 0.1) is 17.3 Å². The van der Waals surface area contributed by atoms with Crippen LogP contribution in [0.5, 0.6) is 0 Å². The van der Waals surface area contributed by atoms with Gasteiger partial charge in [0, 0.05) is 37.5 Å². The molecule has 5 nitrogen and oxygen atoms in total. The van der Waals surface area contributed by atoms with Crippen molar-refractivity contribution in [1.29, 1.82) is 0 Å². The molecule has 0 aromatic rings. The van der Waals surface area contributed by atoms with E-state index in [1.54, 1.807) is 0 Å². The fourth-order valence-corrected chi connectivity index (χ4v) is 3.22. The molecule has 1 aliphatic carbocycles. The molecule has 3 atom stereocenters. The third-order valence-electron chi connectivity index (χ3n) is 4.57. The van der Waals surface area contributed by atoms with Crippen LogP contribution in [0.25, 0.3) is 0 Å². The van der Waals surface area contributed by atoms with Gasteiger partial charge in [-0.05, 0) is 24.7 Å². The largest absolute Gasteiger partial charge is 0.355 e. The molecule has 2 aliphatic rings. The minimum absolute atomic E-state index is 0. The number of fused-ring (bicyclic) bond motifs is 1. The first-order chi connectivity index (χ1) is 9.29. The molecule has 0 aromatic heterocycles. The quantitative estimate of drug-likeness (QED) is 0.820. The van der Waals surface area contributed by atoms with E-state index in [0.717, 1.165) is 25.9 Å². The van der Waals surface area contributed by atoms with Crippen LogP contribution in [-0.4, -0.2) is 42.4 Å². The maximum atomic E-state index is 12.1. The Morgan fingerprint density at radius 2 is 1.90 bits per heavy atom. The zero-order valence-electron chi connectivity index (χ0n) is 13.2. The highest BCUT2D eigenvalue weighted by Gasteiger charge is 2.42. The number of nitrogens with one attached hydrogen (secondary N) is 1. The first kappa shape index (κ1) is 18.2. The lowest BCUT2D eigenvalue weighted by molar-refractivity contribution is -0.131. The molecular weight excluding hydrogens is 290 g/mol. The molecule has 2 amide bonds. The van der Waals surface area contributed by atoms with Crippen molar-refractivity contribution >= 4 is 24.2 Å². The molecule has 3 N–H and O–H groups in total. The van der Waals surface area contributed by atoms with Crippen LogP contribution in [-0.2, 0) is 9.59 Å². The van der Waals surface area contributed by atoms with Gasteiger partial charge in [-0.15, -0.1) is 12.4 Å². The predicted molar refractivity (Wildman–Crippen MR) is 85.1 cm³/mol. The number of halogens is 1. The van der Waals surface area contributed by atoms with E-state index in [0.29, 0.717) is 24.8 Å². The highest BCUT2D eigenvalue weighted by molar-refractivity contribution is 5.85. The maximum absolute atomic E-state index is 12.1. The summed E-state index contributed by atoms with van der Waals surface area (Å²) >= 11 is 0. The van der Waals surface area contributed by atoms with Gasteiger partial charge >= 0.3 is 0 Å². The third kappa shape index (κ3) is 4.33. The van der Waals surface area contributed by atoms with Gasteiger partial charge in [-0.1, -0.05) is 20.8 Å². The first-order valence-corrected chi connectivity index (χ1v) is 7.60. The van der Waals surface area contributed by atoms with Crippen LogP contribution in [0.15, 0.2) is 0 Å². The summed E-state index contributed by atoms with van der Waals surface area (Å²) in [5.74, 6) is 1.22. The summed E-state index contributed by atoms with van der Waals surface area (Å²) in [6.07, 6.45) is 2.63. The molecule has 1 saturated carbocycles. The van der Waals surface area contributed by atoms with Crippen LogP contribution >= 0.6 is 12.4 Å². The molecule has 0 spiro atoms. The van der Waals surface area contributed by atoms with Crippen LogP contribution in [0.1, 0.15) is 40.0 Å². The highest BCUT2D eigenvalue weighted by Crippen LogP contribution is 2.37. The number of hydrogen-bond donors (Lipinski definition) is 2. The predicted octanol–water partition coefficient (Wildman–Crippen LogP) is 1.16. The molecule has 122 valence electrons. The lowest BCUT2D eigenvalue weighted by Crippen LogP contribution is -2.38. The van der Waals surface area contributed by atoms with E-state index in [1.807, 2.05) is 25.7 Å². The smallest absolute Gasteiger partial charge is 0.225 e. The number of likely N-dealkylation sites (tertiary alicyclic amines) is 1. The molecule has 0 bridgehead atoms. The van der Waals surface area contributed by atoms with E-state index >= 15 is 0 Å². The van der Waals surface area contributed by atoms with Crippen molar-refractivity contribution in [3.05, 3.63) is 0 Å². The Balaban J connectivity index is 0.00000220. The van der Waals surface area contributed by atoms with Crippen LogP contribution in [0.2, 0.25) is 0 Å². The summed E-state index contributed by atoms with van der Waals surface area (Å²) in [7, 11) is 0. The Morgan fingerprint density at radius 3 is 2.48 bits per heavy atom.